The minimum absolute atomic E-state index is 0.0297. The molecule has 148 valence electrons. The Hall–Kier alpha value is -1.89. The van der Waals surface area contributed by atoms with Crippen LogP contribution >= 0.6 is 27.5 Å². The number of rotatable bonds is 6. The van der Waals surface area contributed by atoms with Gasteiger partial charge >= 0.3 is 0 Å². The normalized spacial score (nSPS) is 16.8. The molecule has 1 aliphatic heterocycles. The fourth-order valence-corrected chi connectivity index (χ4v) is 3.72. The number of likely N-dealkylation sites (tertiary alicyclic amines) is 1. The van der Waals surface area contributed by atoms with Gasteiger partial charge < -0.3 is 10.6 Å². The number of nitrogens with one attached hydrogen (secondary N) is 2. The zero-order valence-corrected chi connectivity index (χ0v) is 18.0. The number of carbonyl (C=O) groups is 2. The van der Waals surface area contributed by atoms with Gasteiger partial charge in [0.25, 0.3) is 5.91 Å². The van der Waals surface area contributed by atoms with Crippen LogP contribution in [0, 0.1) is 6.92 Å². The maximum Gasteiger partial charge on any atom is 0.251 e. The standard InChI is InChI=1S/C21H23BrClN3O2/c1-14-2-5-16(10-19(14)22)21(28)24-11-20(27)25-18-8-9-26(13-18)12-15-3-6-17(23)7-4-15/h2-7,10,18H,8-9,11-13H2,1H3,(H,24,28)(H,25,27). The van der Waals surface area contributed by atoms with Crippen LogP contribution in [0.2, 0.25) is 5.02 Å². The molecule has 0 aromatic heterocycles. The third-order valence-electron chi connectivity index (χ3n) is 4.80. The van der Waals surface area contributed by atoms with E-state index in [4.69, 9.17) is 11.6 Å². The van der Waals surface area contributed by atoms with Gasteiger partial charge in [0.2, 0.25) is 5.91 Å². The van der Waals surface area contributed by atoms with Crippen LogP contribution in [0.4, 0.5) is 0 Å². The highest BCUT2D eigenvalue weighted by Gasteiger charge is 2.24. The SMILES string of the molecule is Cc1ccc(C(=O)NCC(=O)NC2CCN(Cc3ccc(Cl)cc3)C2)cc1Br. The molecule has 0 bridgehead atoms. The van der Waals surface area contributed by atoms with Crippen LogP contribution in [0.3, 0.4) is 0 Å². The van der Waals surface area contributed by atoms with Gasteiger partial charge in [0.05, 0.1) is 6.54 Å². The van der Waals surface area contributed by atoms with Crippen molar-refractivity contribution in [2.24, 2.45) is 0 Å². The highest BCUT2D eigenvalue weighted by molar-refractivity contribution is 9.10. The first-order valence-corrected chi connectivity index (χ1v) is 10.4. The summed E-state index contributed by atoms with van der Waals surface area (Å²) in [5.41, 5.74) is 2.78. The maximum atomic E-state index is 12.2. The fourth-order valence-electron chi connectivity index (χ4n) is 3.22. The molecule has 1 aliphatic rings. The summed E-state index contributed by atoms with van der Waals surface area (Å²) in [6.45, 7) is 4.49. The van der Waals surface area contributed by atoms with E-state index in [1.54, 1.807) is 12.1 Å². The second-order valence-electron chi connectivity index (χ2n) is 7.06. The molecule has 0 radical (unpaired) electrons. The summed E-state index contributed by atoms with van der Waals surface area (Å²) in [7, 11) is 0. The zero-order valence-electron chi connectivity index (χ0n) is 15.7. The van der Waals surface area contributed by atoms with Crippen LogP contribution in [-0.2, 0) is 11.3 Å². The smallest absolute Gasteiger partial charge is 0.251 e. The summed E-state index contributed by atoms with van der Waals surface area (Å²) in [6.07, 6.45) is 0.901. The zero-order chi connectivity index (χ0) is 20.1. The number of hydrogen-bond donors (Lipinski definition) is 2. The quantitative estimate of drug-likeness (QED) is 0.687. The van der Waals surface area contributed by atoms with Crippen molar-refractivity contribution in [3.05, 3.63) is 68.7 Å². The summed E-state index contributed by atoms with van der Waals surface area (Å²) in [5.74, 6) is -0.426. The molecule has 28 heavy (non-hydrogen) atoms. The molecule has 0 saturated carbocycles. The number of halogens is 2. The van der Waals surface area contributed by atoms with Crippen LogP contribution in [0.25, 0.3) is 0 Å². The van der Waals surface area contributed by atoms with Crippen LogP contribution in [0.1, 0.15) is 27.9 Å². The average Bonchev–Trinajstić information content (AvgIpc) is 3.10. The molecule has 2 N–H and O–H groups in total. The van der Waals surface area contributed by atoms with Crippen LogP contribution in [0.5, 0.6) is 0 Å². The number of hydrogen-bond acceptors (Lipinski definition) is 3. The molecular formula is C21H23BrClN3O2. The highest BCUT2D eigenvalue weighted by atomic mass is 79.9. The fraction of sp³-hybridized carbons (Fsp3) is 0.333. The monoisotopic (exact) mass is 463 g/mol. The molecule has 7 heteroatoms. The van der Waals surface area contributed by atoms with Crippen LogP contribution in [0.15, 0.2) is 46.9 Å². The molecule has 2 amide bonds. The number of nitrogens with zero attached hydrogens (tertiary/aromatic N) is 1. The summed E-state index contributed by atoms with van der Waals surface area (Å²) in [6, 6.07) is 13.3. The molecule has 1 saturated heterocycles. The lowest BCUT2D eigenvalue weighted by Crippen LogP contribution is -2.43. The van der Waals surface area contributed by atoms with Gasteiger partial charge in [-0.05, 0) is 48.7 Å². The predicted octanol–water partition coefficient (Wildman–Crippen LogP) is 3.53. The molecule has 1 fully saturated rings. The summed E-state index contributed by atoms with van der Waals surface area (Å²) < 4.78 is 0.872. The lowest BCUT2D eigenvalue weighted by molar-refractivity contribution is -0.120. The van der Waals surface area contributed by atoms with Crippen LogP contribution < -0.4 is 10.6 Å². The van der Waals surface area contributed by atoms with Crippen molar-refractivity contribution in [2.75, 3.05) is 19.6 Å². The molecule has 0 aliphatic carbocycles. The topological polar surface area (TPSA) is 61.4 Å². The largest absolute Gasteiger partial charge is 0.350 e. The molecular weight excluding hydrogens is 442 g/mol. The number of carbonyl (C=O) groups excluding carboxylic acids is 2. The lowest BCUT2D eigenvalue weighted by atomic mass is 10.1. The molecule has 3 rings (SSSR count). The first kappa shape index (κ1) is 20.8. The summed E-state index contributed by atoms with van der Waals surface area (Å²) in [4.78, 5) is 26.7. The van der Waals surface area contributed by atoms with Gasteiger partial charge in [-0.2, -0.15) is 0 Å². The van der Waals surface area contributed by atoms with Gasteiger partial charge in [-0.3, -0.25) is 14.5 Å². The Morgan fingerprint density at radius 1 is 1.21 bits per heavy atom. The van der Waals surface area contributed by atoms with E-state index in [2.05, 4.69) is 31.5 Å². The molecule has 2 aromatic carbocycles. The van der Waals surface area contributed by atoms with Gasteiger partial charge in [0.15, 0.2) is 0 Å². The molecule has 1 heterocycles. The Balaban J connectivity index is 1.42. The minimum atomic E-state index is -0.258. The third kappa shape index (κ3) is 5.80. The first-order chi connectivity index (χ1) is 13.4. The predicted molar refractivity (Wildman–Crippen MR) is 114 cm³/mol. The highest BCUT2D eigenvalue weighted by Crippen LogP contribution is 2.18. The molecule has 2 aromatic rings. The van der Waals surface area contributed by atoms with E-state index < -0.39 is 0 Å². The van der Waals surface area contributed by atoms with Crippen molar-refractivity contribution in [3.63, 3.8) is 0 Å². The van der Waals surface area contributed by atoms with E-state index in [9.17, 15) is 9.59 Å². The van der Waals surface area contributed by atoms with E-state index >= 15 is 0 Å². The second kappa shape index (κ2) is 9.54. The van der Waals surface area contributed by atoms with Crippen molar-refractivity contribution < 1.29 is 9.59 Å². The maximum absolute atomic E-state index is 12.2. The Morgan fingerprint density at radius 2 is 1.96 bits per heavy atom. The van der Waals surface area contributed by atoms with Gasteiger partial charge in [-0.15, -0.1) is 0 Å². The average molecular weight is 465 g/mol. The van der Waals surface area contributed by atoms with E-state index in [-0.39, 0.29) is 24.4 Å². The summed E-state index contributed by atoms with van der Waals surface area (Å²) >= 11 is 9.34. The van der Waals surface area contributed by atoms with Crippen molar-refractivity contribution in [1.29, 1.82) is 0 Å². The number of aryl methyl sites for hydroxylation is 1. The van der Waals surface area contributed by atoms with Gasteiger partial charge in [-0.1, -0.05) is 45.7 Å². The van der Waals surface area contributed by atoms with Crippen molar-refractivity contribution in [2.45, 2.75) is 25.9 Å². The van der Waals surface area contributed by atoms with Crippen molar-refractivity contribution >= 4 is 39.3 Å². The van der Waals surface area contributed by atoms with E-state index in [1.807, 2.05) is 37.3 Å². The molecule has 0 spiro atoms. The van der Waals surface area contributed by atoms with Gasteiger partial charge in [-0.25, -0.2) is 0 Å². The van der Waals surface area contributed by atoms with E-state index in [0.717, 1.165) is 41.1 Å². The van der Waals surface area contributed by atoms with Crippen LogP contribution in [-0.4, -0.2) is 42.4 Å². The Kier molecular flexibility index (Phi) is 7.10. The third-order valence-corrected chi connectivity index (χ3v) is 5.91. The molecule has 1 atom stereocenters. The molecule has 1 unspecified atom stereocenters. The Morgan fingerprint density at radius 3 is 2.68 bits per heavy atom. The second-order valence-corrected chi connectivity index (χ2v) is 8.35. The van der Waals surface area contributed by atoms with Gasteiger partial charge in [0, 0.05) is 40.7 Å². The lowest BCUT2D eigenvalue weighted by Gasteiger charge is -2.17. The van der Waals surface area contributed by atoms with Crippen molar-refractivity contribution in [3.8, 4) is 0 Å². The Labute approximate surface area is 178 Å². The molecule has 5 nitrogen and oxygen atoms in total. The summed E-state index contributed by atoms with van der Waals surface area (Å²) in [5, 5.41) is 6.41. The number of benzene rings is 2. The minimum Gasteiger partial charge on any atom is -0.350 e. The van der Waals surface area contributed by atoms with Gasteiger partial charge in [0.1, 0.15) is 0 Å². The van der Waals surface area contributed by atoms with E-state index in [1.165, 1.54) is 5.56 Å². The van der Waals surface area contributed by atoms with E-state index in [0.29, 0.717) is 5.56 Å². The Bertz CT molecular complexity index is 857. The number of amides is 2. The first-order valence-electron chi connectivity index (χ1n) is 9.21. The van der Waals surface area contributed by atoms with Crippen molar-refractivity contribution in [1.82, 2.24) is 15.5 Å².